The third-order valence-corrected chi connectivity index (χ3v) is 5.15. The number of ether oxygens (including phenoxy) is 1. The lowest BCUT2D eigenvalue weighted by Gasteiger charge is -2.30. The summed E-state index contributed by atoms with van der Waals surface area (Å²) < 4.78 is 5.72. The Bertz CT molecular complexity index is 676. The first-order valence-corrected chi connectivity index (χ1v) is 9.36. The lowest BCUT2D eigenvalue weighted by molar-refractivity contribution is 0.110. The van der Waals surface area contributed by atoms with Crippen LogP contribution in [0.4, 0.5) is 5.82 Å². The summed E-state index contributed by atoms with van der Waals surface area (Å²) >= 11 is 0. The maximum absolute atomic E-state index is 5.72. The molecule has 0 saturated carbocycles. The Morgan fingerprint density at radius 1 is 1.12 bits per heavy atom. The van der Waals surface area contributed by atoms with Gasteiger partial charge in [-0.2, -0.15) is 0 Å². The van der Waals surface area contributed by atoms with E-state index < -0.39 is 0 Å². The molecular formula is C20H27N3O. The Morgan fingerprint density at radius 3 is 2.83 bits per heavy atom. The van der Waals surface area contributed by atoms with Crippen LogP contribution in [0.15, 0.2) is 30.3 Å². The average molecular weight is 325 g/mol. The average Bonchev–Trinajstić information content (AvgIpc) is 3.15. The molecule has 4 rings (SSSR count). The molecule has 2 saturated heterocycles. The van der Waals surface area contributed by atoms with Gasteiger partial charge in [0, 0.05) is 43.7 Å². The number of fused-ring (bicyclic) bond motifs is 1. The van der Waals surface area contributed by atoms with Crippen LogP contribution >= 0.6 is 0 Å². The van der Waals surface area contributed by atoms with Crippen molar-refractivity contribution in [2.45, 2.75) is 44.8 Å². The van der Waals surface area contributed by atoms with Crippen molar-refractivity contribution in [2.75, 3.05) is 31.1 Å². The van der Waals surface area contributed by atoms with E-state index in [4.69, 9.17) is 9.72 Å². The predicted octanol–water partition coefficient (Wildman–Crippen LogP) is 3.49. The van der Waals surface area contributed by atoms with E-state index in [1.807, 2.05) is 0 Å². The van der Waals surface area contributed by atoms with E-state index in [-0.39, 0.29) is 0 Å². The van der Waals surface area contributed by atoms with Crippen LogP contribution in [0.2, 0.25) is 0 Å². The van der Waals surface area contributed by atoms with E-state index in [1.165, 1.54) is 48.9 Å². The highest BCUT2D eigenvalue weighted by Gasteiger charge is 2.18. The minimum atomic E-state index is 0.386. The zero-order chi connectivity index (χ0) is 16.2. The topological polar surface area (TPSA) is 37.4 Å². The highest BCUT2D eigenvalue weighted by atomic mass is 16.5. The van der Waals surface area contributed by atoms with Gasteiger partial charge in [0.15, 0.2) is 0 Å². The summed E-state index contributed by atoms with van der Waals surface area (Å²) in [7, 11) is 0. The van der Waals surface area contributed by atoms with Gasteiger partial charge in [-0.15, -0.1) is 0 Å². The molecule has 3 heterocycles. The van der Waals surface area contributed by atoms with Crippen molar-refractivity contribution in [1.29, 1.82) is 0 Å². The van der Waals surface area contributed by atoms with Crippen LogP contribution in [-0.2, 0) is 11.3 Å². The Hall–Kier alpha value is -1.65. The smallest absolute Gasteiger partial charge is 0.133 e. The van der Waals surface area contributed by atoms with Crippen molar-refractivity contribution in [1.82, 2.24) is 10.3 Å². The fraction of sp³-hybridized carbons (Fsp3) is 0.550. The highest BCUT2D eigenvalue weighted by Crippen LogP contribution is 2.26. The standard InChI is InChI=1S/C20H27N3O/c1-4-10-23(11-5-1)20-17(14-21-15-18-8-6-12-24-18)13-16-7-2-3-9-19(16)22-20/h2-3,7,9,13,18,21H,1,4-6,8,10-12,14-15H2/t18-/m1/s1. The largest absolute Gasteiger partial charge is 0.377 e. The predicted molar refractivity (Wildman–Crippen MR) is 98.5 cm³/mol. The molecule has 2 aliphatic heterocycles. The molecule has 4 nitrogen and oxygen atoms in total. The van der Waals surface area contributed by atoms with Gasteiger partial charge in [-0.1, -0.05) is 18.2 Å². The molecular weight excluding hydrogens is 298 g/mol. The summed E-state index contributed by atoms with van der Waals surface area (Å²) in [5.41, 5.74) is 2.41. The lowest BCUT2D eigenvalue weighted by Crippen LogP contribution is -2.32. The van der Waals surface area contributed by atoms with Gasteiger partial charge in [0.1, 0.15) is 5.82 Å². The van der Waals surface area contributed by atoms with Gasteiger partial charge in [-0.3, -0.25) is 0 Å². The number of para-hydroxylation sites is 1. The normalized spacial score (nSPS) is 21.5. The second-order valence-corrected chi connectivity index (χ2v) is 6.98. The molecule has 1 atom stereocenters. The summed E-state index contributed by atoms with van der Waals surface area (Å²) in [6, 6.07) is 10.8. The molecule has 1 aromatic carbocycles. The maximum atomic E-state index is 5.72. The van der Waals surface area contributed by atoms with Crippen LogP contribution in [0, 0.1) is 0 Å². The summed E-state index contributed by atoms with van der Waals surface area (Å²) in [6.07, 6.45) is 6.66. The van der Waals surface area contributed by atoms with Gasteiger partial charge >= 0.3 is 0 Å². The van der Waals surface area contributed by atoms with E-state index in [1.54, 1.807) is 0 Å². The number of piperidine rings is 1. The third-order valence-electron chi connectivity index (χ3n) is 5.15. The second-order valence-electron chi connectivity index (χ2n) is 6.98. The van der Waals surface area contributed by atoms with Crippen LogP contribution in [-0.4, -0.2) is 37.3 Å². The number of nitrogens with zero attached hydrogens (tertiary/aromatic N) is 2. The summed E-state index contributed by atoms with van der Waals surface area (Å²) in [5.74, 6) is 1.17. The molecule has 0 unspecified atom stereocenters. The van der Waals surface area contributed by atoms with Gasteiger partial charge in [0.2, 0.25) is 0 Å². The molecule has 4 heteroatoms. The number of rotatable bonds is 5. The number of nitrogens with one attached hydrogen (secondary N) is 1. The summed E-state index contributed by atoms with van der Waals surface area (Å²) in [5, 5.41) is 4.83. The van der Waals surface area contributed by atoms with E-state index >= 15 is 0 Å². The van der Waals surface area contributed by atoms with Gasteiger partial charge in [0.25, 0.3) is 0 Å². The number of anilines is 1. The molecule has 24 heavy (non-hydrogen) atoms. The van der Waals surface area contributed by atoms with Gasteiger partial charge < -0.3 is 15.0 Å². The molecule has 1 aromatic heterocycles. The first-order chi connectivity index (χ1) is 11.9. The summed E-state index contributed by atoms with van der Waals surface area (Å²) in [4.78, 5) is 7.48. The minimum Gasteiger partial charge on any atom is -0.377 e. The molecule has 2 aliphatic rings. The monoisotopic (exact) mass is 325 g/mol. The van der Waals surface area contributed by atoms with Crippen molar-refractivity contribution >= 4 is 16.7 Å². The third kappa shape index (κ3) is 3.55. The Kier molecular flexibility index (Phi) is 4.95. The Balaban J connectivity index is 1.55. The quantitative estimate of drug-likeness (QED) is 0.913. The van der Waals surface area contributed by atoms with E-state index in [0.717, 1.165) is 38.3 Å². The van der Waals surface area contributed by atoms with Crippen molar-refractivity contribution in [3.63, 3.8) is 0 Å². The molecule has 1 N–H and O–H groups in total. The second kappa shape index (κ2) is 7.49. The van der Waals surface area contributed by atoms with E-state index in [0.29, 0.717) is 6.10 Å². The number of aromatic nitrogens is 1. The summed E-state index contributed by atoms with van der Waals surface area (Å²) in [6.45, 7) is 4.98. The maximum Gasteiger partial charge on any atom is 0.133 e. The number of pyridine rings is 1. The lowest BCUT2D eigenvalue weighted by atomic mass is 10.1. The van der Waals surface area contributed by atoms with Crippen LogP contribution in [0.5, 0.6) is 0 Å². The van der Waals surface area contributed by atoms with Crippen molar-refractivity contribution in [3.05, 3.63) is 35.9 Å². The van der Waals surface area contributed by atoms with E-state index in [9.17, 15) is 0 Å². The zero-order valence-corrected chi connectivity index (χ0v) is 14.3. The van der Waals surface area contributed by atoms with Gasteiger partial charge in [-0.05, 0) is 44.2 Å². The molecule has 0 bridgehead atoms. The molecule has 0 spiro atoms. The Labute approximate surface area is 144 Å². The highest BCUT2D eigenvalue weighted by molar-refractivity contribution is 5.81. The SMILES string of the molecule is c1ccc2nc(N3CCCCC3)c(CNC[C@H]3CCCO3)cc2c1. The number of hydrogen-bond donors (Lipinski definition) is 1. The van der Waals surface area contributed by atoms with Crippen molar-refractivity contribution in [2.24, 2.45) is 0 Å². The van der Waals surface area contributed by atoms with Gasteiger partial charge in [-0.25, -0.2) is 4.98 Å². The minimum absolute atomic E-state index is 0.386. The molecule has 2 fully saturated rings. The van der Waals surface area contributed by atoms with Gasteiger partial charge in [0.05, 0.1) is 11.6 Å². The fourth-order valence-electron chi connectivity index (χ4n) is 3.83. The first-order valence-electron chi connectivity index (χ1n) is 9.36. The van der Waals surface area contributed by atoms with Crippen LogP contribution in [0.1, 0.15) is 37.7 Å². The molecule has 2 aromatic rings. The number of benzene rings is 1. The van der Waals surface area contributed by atoms with Crippen molar-refractivity contribution < 1.29 is 4.74 Å². The van der Waals surface area contributed by atoms with E-state index in [2.05, 4.69) is 40.5 Å². The number of hydrogen-bond acceptors (Lipinski definition) is 4. The van der Waals surface area contributed by atoms with Crippen LogP contribution in [0.25, 0.3) is 10.9 Å². The first kappa shape index (κ1) is 15.9. The molecule has 0 radical (unpaired) electrons. The van der Waals surface area contributed by atoms with Crippen molar-refractivity contribution in [3.8, 4) is 0 Å². The zero-order valence-electron chi connectivity index (χ0n) is 14.3. The van der Waals surface area contributed by atoms with Crippen LogP contribution in [0.3, 0.4) is 0 Å². The fourth-order valence-corrected chi connectivity index (χ4v) is 3.83. The Morgan fingerprint density at radius 2 is 2.00 bits per heavy atom. The van der Waals surface area contributed by atoms with Crippen LogP contribution < -0.4 is 10.2 Å². The molecule has 0 aliphatic carbocycles. The molecule has 128 valence electrons. The molecule has 0 amide bonds.